The molecule has 1 saturated carbocycles. The molecule has 42 heteroatoms. The summed E-state index contributed by atoms with van der Waals surface area (Å²) in [5, 5.41) is 80.6. The lowest BCUT2D eigenvalue weighted by atomic mass is 9.83. The number of aromatic amines is 1. The Morgan fingerprint density at radius 1 is 0.678 bits per heavy atom. The molecule has 1 aliphatic carbocycles. The van der Waals surface area contributed by atoms with Gasteiger partial charge in [0, 0.05) is 113 Å². The van der Waals surface area contributed by atoms with Crippen LogP contribution in [0.3, 0.4) is 0 Å². The number of aliphatic carboxylic acids is 5. The molecule has 0 bridgehead atoms. The fraction of sp³-hybridized carbons (Fsp3) is 0.710. The minimum atomic E-state index is -1.88. The highest BCUT2D eigenvalue weighted by molar-refractivity contribution is 8.00. The van der Waals surface area contributed by atoms with Crippen molar-refractivity contribution in [1.29, 1.82) is 0 Å². The predicted molar refractivity (Wildman–Crippen MR) is 625 cm³/mol. The van der Waals surface area contributed by atoms with Crippen LogP contribution < -0.4 is 75.4 Å². The largest absolute Gasteiger partial charge is 0.772 e. The number of hydrogen-bond acceptors (Lipinski definition) is 31. The number of fused-ring (bicyclic) bond motifs is 2. The molecule has 10 atom stereocenters. The number of carbonyl (C=O) groups is 11. The van der Waals surface area contributed by atoms with Crippen molar-refractivity contribution in [2.75, 3.05) is 140 Å². The SMILES string of the molecule is C.CC.CC.CCCCCCCCCC(C)CCCC1(C)CCc2c(C)c(OC(=O)CCC(C)=O)c(C)c(C)c2O1.CN1CCCC1C(=O)O.CNCC1CCC(C)CC1.CNCCS(=O)[O-].CNCCc1c[nH]c2ccc(O)cc12.CNc1ccccc1C(=O)O.CSC(C)(C)C(C)N.CSCC(N)C(=O)O.CSCC(NC(=O)CCC(C)N)C(=O)O.CSCC(NC(=O)CCC(N)C(=O)O)C(=O)NCC(=O)O.CSCCN. The highest BCUT2D eigenvalue weighted by Crippen LogP contribution is 2.45. The molecule has 0 radical (unpaired) electrons. The number of rotatable bonds is 51. The van der Waals surface area contributed by atoms with Crippen LogP contribution in [0, 0.1) is 38.5 Å². The fourth-order valence-electron chi connectivity index (χ4n) is 14.1. The van der Waals surface area contributed by atoms with Gasteiger partial charge in [-0.05, 0) is 282 Å². The number of benzene rings is 3. The molecule has 1 saturated heterocycles. The summed E-state index contributed by atoms with van der Waals surface area (Å²) >= 11 is 5.83. The quantitative estimate of drug-likeness (QED) is 0.00845. The second kappa shape index (κ2) is 95.1. The van der Waals surface area contributed by atoms with Gasteiger partial charge in [-0.1, -0.05) is 150 Å². The lowest BCUT2D eigenvalue weighted by molar-refractivity contribution is -0.142. The first-order valence-corrected chi connectivity index (χ1v) is 59.6. The van der Waals surface area contributed by atoms with Crippen molar-refractivity contribution in [2.45, 2.75) is 338 Å². The van der Waals surface area contributed by atoms with Crippen molar-refractivity contribution in [3.8, 4) is 17.2 Å². The first-order chi connectivity index (χ1) is 69.8. The Morgan fingerprint density at radius 3 is 1.66 bits per heavy atom. The number of phenols is 1. The molecule has 3 amide bonds. The van der Waals surface area contributed by atoms with Crippen LogP contribution in [0.4, 0.5) is 5.69 Å². The number of aromatic nitrogens is 1. The lowest BCUT2D eigenvalue weighted by Crippen LogP contribution is -2.49. The van der Waals surface area contributed by atoms with E-state index in [0.29, 0.717) is 47.2 Å². The fourth-order valence-corrected chi connectivity index (χ4v) is 16.7. The van der Waals surface area contributed by atoms with Gasteiger partial charge >= 0.3 is 41.8 Å². The number of anilines is 1. The van der Waals surface area contributed by atoms with Gasteiger partial charge < -0.3 is 125 Å². The molecular weight excluding hydrogens is 2030 g/mol. The highest BCUT2D eigenvalue weighted by atomic mass is 32.2. The number of Topliss-reactive ketones (excluding diaryl/α,β-unsaturated/α-hetero) is 1. The summed E-state index contributed by atoms with van der Waals surface area (Å²) in [6.07, 6.45) is 37.6. The zero-order valence-corrected chi connectivity index (χ0v) is 99.0. The number of ketones is 1. The van der Waals surface area contributed by atoms with Crippen LogP contribution in [0.2, 0.25) is 0 Å². The summed E-state index contributed by atoms with van der Waals surface area (Å²) in [5.74, 6) is -0.533. The van der Waals surface area contributed by atoms with Gasteiger partial charge in [0.05, 0.1) is 12.0 Å². The number of H-pyrrole nitrogens is 1. The Bertz CT molecular complexity index is 4270. The van der Waals surface area contributed by atoms with E-state index in [1.165, 1.54) is 144 Å². The van der Waals surface area contributed by atoms with Crippen molar-refractivity contribution in [2.24, 2.45) is 46.4 Å². The highest BCUT2D eigenvalue weighted by Gasteiger charge is 2.36. The number of amides is 3. The van der Waals surface area contributed by atoms with E-state index in [1.54, 1.807) is 74.8 Å². The summed E-state index contributed by atoms with van der Waals surface area (Å²) < 4.78 is 32.1. The standard InChI is InChI=1S/C32H52O4.C11H19N3O6S.C11H14N2O.C9H18N2O3S.C9H19N.C8H9NO2.C6H11NO2.C6H15NS.C4H9NO2S.C3H9NO2S.C3H9NS.2C2H6.CH4/c1-8-9-10-11-12-13-14-16-23(2)17-15-21-32(7)22-20-28-27(6)30(25(4)26(5)31(28)36-32)35-29(34)19-18-24(3)33;1-21-5-7(10(18)13-4-9(16)17)14-8(15)3-2-6(12)11(19)20;1-12-5-4-8-7-13-11-3-2-9(14)6-10(8)11;1-6(10)3-4-8(12)11-7(5-15-2)9(13)14;1-8-3-5-9(6-4-8)7-10-2;1-9-7-5-3-2-4-6(7)8(10)11;1-7-4-2-3-5(7)6(8)9;1-5(7)6(2,3)8-4;1-8-2-3(5)4(6)7;1-4-2-3-7(5)6;1-5-3-2-4;2*1-2;/h23H,8-22H2,1-7H3;6-7H,2-5,12H2,1H3,(H,13,18)(H,14,15)(H,16,17)(H,19,20);2-3,6-7,12-14H,4-5H2,1H3;6-7H,3-5,10H2,1-2H3,(H,11,12)(H,13,14);8-10H,3-7H2,1-2H3;2-5,9H,1H3,(H,10,11);5H,2-4H2,1H3,(H,8,9);5H,7H2,1-4H3;3H,2,5H2,1H3,(H,6,7);4H,2-3H2,1H3,(H,5,6);2-4H2,1H3;2*1-2H3;1H4/p-1. The van der Waals surface area contributed by atoms with E-state index >= 15 is 0 Å². The monoisotopic (exact) mass is 2220 g/mol. The summed E-state index contributed by atoms with van der Waals surface area (Å²) in [6, 6.07) is 8.65. The Hall–Kier alpha value is -7.53. The van der Waals surface area contributed by atoms with Crippen molar-refractivity contribution >= 4 is 152 Å². The Kier molecular flexibility index (Phi) is 98.6. The van der Waals surface area contributed by atoms with Gasteiger partial charge in [0.2, 0.25) is 17.7 Å². The summed E-state index contributed by atoms with van der Waals surface area (Å²) in [4.78, 5) is 126. The number of nitrogens with zero attached hydrogens (tertiary/aromatic N) is 1. The van der Waals surface area contributed by atoms with E-state index in [-0.39, 0.29) is 97.2 Å². The van der Waals surface area contributed by atoms with Crippen molar-refractivity contribution in [1.82, 2.24) is 41.8 Å². The molecule has 3 aromatic carbocycles. The molecule has 3 heterocycles. The lowest BCUT2D eigenvalue weighted by Gasteiger charge is -2.38. The molecule has 0 spiro atoms. The third-order valence-corrected chi connectivity index (χ3v) is 28.4. The zero-order chi connectivity index (χ0) is 115. The minimum absolute atomic E-state index is 0. The predicted octanol–water partition coefficient (Wildman–Crippen LogP) is 15.8. The van der Waals surface area contributed by atoms with Gasteiger partial charge in [-0.2, -0.15) is 58.8 Å². The Morgan fingerprint density at radius 2 is 1.23 bits per heavy atom. The topological polar surface area (TPSA) is 621 Å². The van der Waals surface area contributed by atoms with E-state index in [0.717, 1.165) is 121 Å². The normalized spacial score (nSPS) is 15.9. The van der Waals surface area contributed by atoms with Crippen LogP contribution in [-0.2, 0) is 71.9 Å². The van der Waals surface area contributed by atoms with E-state index in [2.05, 4.69) is 104 Å². The second-order valence-electron chi connectivity index (χ2n) is 36.8. The van der Waals surface area contributed by atoms with E-state index < -0.39 is 89.4 Å². The van der Waals surface area contributed by atoms with Crippen LogP contribution in [-0.4, -0.2) is 307 Å². The van der Waals surface area contributed by atoms with Crippen LogP contribution in [0.15, 0.2) is 48.7 Å². The molecule has 149 heavy (non-hydrogen) atoms. The number of carbonyl (C=O) groups excluding carboxylic acids is 5. The molecule has 4 aromatic rings. The summed E-state index contributed by atoms with van der Waals surface area (Å²) in [7, 11) is 9.25. The van der Waals surface area contributed by atoms with Gasteiger partial charge in [-0.25, -0.2) is 9.59 Å². The third kappa shape index (κ3) is 78.3. The maximum absolute atomic E-state index is 12.3. The average molecular weight is 2230 g/mol. The number of ether oxygens (including phenoxy) is 2. The van der Waals surface area contributed by atoms with Gasteiger partial charge in [0.1, 0.15) is 65.4 Å². The van der Waals surface area contributed by atoms with Gasteiger partial charge in [-0.15, -0.1) is 0 Å². The maximum atomic E-state index is 12.3. The van der Waals surface area contributed by atoms with Crippen LogP contribution >= 0.6 is 58.8 Å². The molecule has 3 aliphatic rings. The number of aromatic carboxylic acids is 1. The number of para-hydroxylation sites is 1. The molecule has 10 unspecified atom stereocenters. The van der Waals surface area contributed by atoms with Gasteiger partial charge in [0.15, 0.2) is 0 Å². The van der Waals surface area contributed by atoms with Crippen molar-refractivity contribution in [3.63, 3.8) is 0 Å². The number of carboxylic acid groups (broad SMARTS) is 6. The molecule has 36 nitrogen and oxygen atoms in total. The maximum Gasteiger partial charge on any atom is 0.337 e. The van der Waals surface area contributed by atoms with Crippen molar-refractivity contribution in [3.05, 3.63) is 82.0 Å². The van der Waals surface area contributed by atoms with Crippen LogP contribution in [0.5, 0.6) is 17.2 Å². The van der Waals surface area contributed by atoms with E-state index in [9.17, 15) is 66.6 Å². The second-order valence-corrected chi connectivity index (χ2v) is 43.0. The average Bonchev–Trinajstić information content (AvgIpc) is 1.31. The van der Waals surface area contributed by atoms with Gasteiger partial charge in [-0.3, -0.25) is 47.5 Å². The Labute approximate surface area is 917 Å². The number of aromatic hydroxyl groups is 1. The molecule has 866 valence electrons. The number of thioether (sulfide) groups is 5. The number of carboxylic acids is 6. The number of phenolic OH excluding ortho intramolecular Hbond substituents is 1. The van der Waals surface area contributed by atoms with E-state index in [1.807, 2.05) is 111 Å². The van der Waals surface area contributed by atoms with Crippen LogP contribution in [0.1, 0.15) is 290 Å². The molecule has 7 rings (SSSR count). The first kappa shape index (κ1) is 154. The van der Waals surface area contributed by atoms with E-state index in [4.69, 9.17) is 68.8 Å². The van der Waals surface area contributed by atoms with Crippen molar-refractivity contribution < 1.29 is 107 Å². The van der Waals surface area contributed by atoms with Gasteiger partial charge in [0.25, 0.3) is 0 Å². The molecule has 2 fully saturated rings. The molecular formula is C107H199N14O22S6-. The molecule has 2 aliphatic heterocycles. The number of nitrogens with one attached hydrogen (secondary N) is 8. The van der Waals surface area contributed by atoms with Crippen LogP contribution in [0.25, 0.3) is 10.9 Å². The molecule has 1 aromatic heterocycles. The number of likely N-dealkylation sites (N-methyl/N-ethyl adjacent to an activating group) is 2. The number of hydrogen-bond donors (Lipinski definition) is 20. The smallest absolute Gasteiger partial charge is 0.337 e. The minimum Gasteiger partial charge on any atom is -0.772 e. The number of unbranched alkanes of at least 4 members (excludes halogenated alkanes) is 6. The summed E-state index contributed by atoms with van der Waals surface area (Å²) in [6.45, 7) is 37.0. The molecule has 25 N–H and O–H groups in total. The Balaban J connectivity index is -0.000000312. The number of likely N-dealkylation sites (tertiary alicyclic amines) is 1. The summed E-state index contributed by atoms with van der Waals surface area (Å²) in [5.41, 5.74) is 33.9. The number of esters is 1. The third-order valence-electron chi connectivity index (χ3n) is 23.7. The first-order valence-electron chi connectivity index (χ1n) is 51.5. The number of nitrogens with two attached hydrogens (primary N) is 5. The zero-order valence-electron chi connectivity index (χ0n) is 94.1.